The van der Waals surface area contributed by atoms with Gasteiger partial charge in [-0.25, -0.2) is 4.79 Å². The van der Waals surface area contributed by atoms with Crippen molar-refractivity contribution in [3.05, 3.63) is 35.9 Å². The van der Waals surface area contributed by atoms with Crippen LogP contribution in [0.1, 0.15) is 40.3 Å². The van der Waals surface area contributed by atoms with Gasteiger partial charge in [0.05, 0.1) is 19.5 Å². The van der Waals surface area contributed by atoms with Crippen molar-refractivity contribution in [2.45, 2.75) is 33.3 Å². The molecule has 2 atom stereocenters. The minimum absolute atomic E-state index is 0. The van der Waals surface area contributed by atoms with E-state index in [1.807, 2.05) is 6.07 Å². The van der Waals surface area contributed by atoms with E-state index in [0.717, 1.165) is 7.11 Å². The number of ketones is 1. The van der Waals surface area contributed by atoms with Gasteiger partial charge in [0, 0.05) is 27.4 Å². The lowest BCUT2D eigenvalue weighted by atomic mass is 9.97. The Bertz CT molecular complexity index is 786. The second kappa shape index (κ2) is 13.8. The molecule has 1 N–H and O–H groups in total. The molecule has 30 heavy (non-hydrogen) atoms. The number of nitrogens with one attached hydrogen (secondary N) is 1. The monoisotopic (exact) mass is 447 g/mol. The summed E-state index contributed by atoms with van der Waals surface area (Å²) in [7, 11) is -1.24. The van der Waals surface area contributed by atoms with Gasteiger partial charge in [0.1, 0.15) is 5.78 Å². The maximum atomic E-state index is 12.2. The summed E-state index contributed by atoms with van der Waals surface area (Å²) in [6, 6.07) is 8.84. The van der Waals surface area contributed by atoms with Gasteiger partial charge in [-0.2, -0.15) is 8.42 Å². The second-order valence-corrected chi connectivity index (χ2v) is 8.13. The lowest BCUT2D eigenvalue weighted by Crippen LogP contribution is -2.32. The van der Waals surface area contributed by atoms with Crippen molar-refractivity contribution < 1.29 is 37.9 Å². The maximum Gasteiger partial charge on any atom is 0.339 e. The second-order valence-electron chi connectivity index (χ2n) is 6.27. The van der Waals surface area contributed by atoms with Crippen LogP contribution in [0.3, 0.4) is 0 Å². The van der Waals surface area contributed by atoms with Gasteiger partial charge in [-0.3, -0.25) is 13.8 Å². The predicted molar refractivity (Wildman–Crippen MR) is 113 cm³/mol. The molecule has 2 unspecified atom stereocenters. The van der Waals surface area contributed by atoms with Crippen LogP contribution in [0.4, 0.5) is 0 Å². The summed E-state index contributed by atoms with van der Waals surface area (Å²) < 4.78 is 37.1. The molecule has 0 aromatic heterocycles. The molecule has 0 saturated carbocycles. The largest absolute Gasteiger partial charge is 0.463 e. The fourth-order valence-corrected chi connectivity index (χ4v) is 3.04. The molecular formula is C20H33NO8S. The summed E-state index contributed by atoms with van der Waals surface area (Å²) in [5.74, 6) is -2.31. The van der Waals surface area contributed by atoms with Crippen molar-refractivity contribution in [2.24, 2.45) is 5.92 Å². The van der Waals surface area contributed by atoms with Crippen LogP contribution < -0.4 is 5.32 Å². The Morgan fingerprint density at radius 1 is 1.13 bits per heavy atom. The molecule has 1 rings (SSSR count). The molecule has 0 aliphatic heterocycles. The Morgan fingerprint density at radius 2 is 1.77 bits per heavy atom. The van der Waals surface area contributed by atoms with Crippen LogP contribution in [0.5, 0.6) is 0 Å². The van der Waals surface area contributed by atoms with Gasteiger partial charge in [-0.05, 0) is 18.9 Å². The van der Waals surface area contributed by atoms with Gasteiger partial charge in [0.15, 0.2) is 6.10 Å². The van der Waals surface area contributed by atoms with E-state index >= 15 is 0 Å². The number of carbonyl (C=O) groups is 3. The van der Waals surface area contributed by atoms with Crippen molar-refractivity contribution in [2.75, 3.05) is 33.1 Å². The number of rotatable bonds is 13. The minimum atomic E-state index is -3.67. The third kappa shape index (κ3) is 9.95. The van der Waals surface area contributed by atoms with E-state index in [1.54, 1.807) is 24.3 Å². The lowest BCUT2D eigenvalue weighted by Gasteiger charge is -2.17. The molecule has 0 bridgehead atoms. The van der Waals surface area contributed by atoms with Crippen LogP contribution in [-0.2, 0) is 38.2 Å². The third-order valence-corrected chi connectivity index (χ3v) is 5.41. The van der Waals surface area contributed by atoms with Crippen LogP contribution in [0, 0.1) is 5.92 Å². The number of methoxy groups -OCH3 is 1. The third-order valence-electron chi connectivity index (χ3n) is 4.20. The van der Waals surface area contributed by atoms with E-state index in [1.165, 1.54) is 14.0 Å². The maximum absolute atomic E-state index is 12.2. The molecule has 1 aromatic rings. The standard InChI is InChI=1S/C19H27NO8S.CH4.H2/c1-14(21)16(13-17(22)20-10-12-29(24,25)27-3)9-11-28-19(23)18(26-2)15-7-5-4-6-8-15;;/h4-8,16,18H,9-13H2,1-3H3,(H,20,22);1H4;1H. The van der Waals surface area contributed by atoms with Crippen LogP contribution in [0.2, 0.25) is 0 Å². The minimum Gasteiger partial charge on any atom is -0.463 e. The number of ether oxygens (including phenoxy) is 2. The predicted octanol–water partition coefficient (Wildman–Crippen LogP) is 1.88. The topological polar surface area (TPSA) is 125 Å². The van der Waals surface area contributed by atoms with Gasteiger partial charge in [-0.1, -0.05) is 37.8 Å². The highest BCUT2D eigenvalue weighted by Crippen LogP contribution is 2.18. The normalized spacial score (nSPS) is 12.9. The van der Waals surface area contributed by atoms with E-state index in [9.17, 15) is 22.8 Å². The van der Waals surface area contributed by atoms with Crippen LogP contribution >= 0.6 is 0 Å². The smallest absolute Gasteiger partial charge is 0.339 e. The van der Waals surface area contributed by atoms with Crippen molar-refractivity contribution >= 4 is 27.8 Å². The van der Waals surface area contributed by atoms with Gasteiger partial charge in [0.25, 0.3) is 10.1 Å². The number of hydrogen-bond acceptors (Lipinski definition) is 8. The molecule has 10 heteroatoms. The molecule has 0 fully saturated rings. The van der Waals surface area contributed by atoms with E-state index in [0.29, 0.717) is 5.56 Å². The molecule has 0 aliphatic carbocycles. The summed E-state index contributed by atoms with van der Waals surface area (Å²) in [4.78, 5) is 36.0. The highest BCUT2D eigenvalue weighted by atomic mass is 32.2. The molecule has 0 spiro atoms. The molecule has 0 saturated heterocycles. The zero-order chi connectivity index (χ0) is 21.9. The van der Waals surface area contributed by atoms with Crippen molar-refractivity contribution in [3.63, 3.8) is 0 Å². The lowest BCUT2D eigenvalue weighted by molar-refractivity contribution is -0.156. The fraction of sp³-hybridized carbons (Fsp3) is 0.550. The van der Waals surface area contributed by atoms with Crippen molar-refractivity contribution in [1.82, 2.24) is 5.32 Å². The fourth-order valence-electron chi connectivity index (χ4n) is 2.52. The summed E-state index contributed by atoms with van der Waals surface area (Å²) in [5, 5.41) is 2.43. The molecule has 9 nitrogen and oxygen atoms in total. The zero-order valence-corrected chi connectivity index (χ0v) is 17.6. The number of carbonyl (C=O) groups excluding carboxylic acids is 3. The number of amides is 1. The molecule has 0 radical (unpaired) electrons. The van der Waals surface area contributed by atoms with Crippen molar-refractivity contribution in [1.29, 1.82) is 0 Å². The number of hydrogen-bond donors (Lipinski definition) is 1. The van der Waals surface area contributed by atoms with Gasteiger partial charge in [-0.15, -0.1) is 0 Å². The summed E-state index contributed by atoms with van der Waals surface area (Å²) in [6.45, 7) is 1.17. The first-order chi connectivity index (χ1) is 13.7. The molecule has 0 heterocycles. The summed E-state index contributed by atoms with van der Waals surface area (Å²) in [6.07, 6.45) is -0.847. The van der Waals surface area contributed by atoms with E-state index in [4.69, 9.17) is 9.47 Å². The van der Waals surface area contributed by atoms with Gasteiger partial charge >= 0.3 is 5.97 Å². The first-order valence-electron chi connectivity index (χ1n) is 9.00. The van der Waals surface area contributed by atoms with Gasteiger partial charge in [0.2, 0.25) is 5.91 Å². The van der Waals surface area contributed by atoms with Crippen LogP contribution in [0.15, 0.2) is 30.3 Å². The highest BCUT2D eigenvalue weighted by Gasteiger charge is 2.23. The average molecular weight is 448 g/mol. The van der Waals surface area contributed by atoms with E-state index in [-0.39, 0.29) is 46.4 Å². The quantitative estimate of drug-likeness (QED) is 0.359. The Kier molecular flexibility index (Phi) is 12.8. The molecule has 1 aromatic carbocycles. The Hall–Kier alpha value is -2.30. The van der Waals surface area contributed by atoms with Crippen LogP contribution in [-0.4, -0.2) is 59.2 Å². The van der Waals surface area contributed by atoms with E-state index < -0.39 is 34.0 Å². The Labute approximate surface area is 179 Å². The summed E-state index contributed by atoms with van der Waals surface area (Å²) >= 11 is 0. The number of Topliss-reactive ketones (excluding diaryl/α,β-unsaturated/α-hetero) is 1. The Morgan fingerprint density at radius 3 is 2.30 bits per heavy atom. The average Bonchev–Trinajstić information content (AvgIpc) is 2.68. The highest BCUT2D eigenvalue weighted by molar-refractivity contribution is 7.86. The molecule has 0 aliphatic rings. The SMILES string of the molecule is C.COC(C(=O)OCCC(CC(=O)NCCS(=O)(=O)OC)C(C)=O)c1ccccc1.[HH]. The van der Waals surface area contributed by atoms with Crippen LogP contribution in [0.25, 0.3) is 0 Å². The molecular weight excluding hydrogens is 414 g/mol. The number of benzene rings is 1. The molecule has 1 amide bonds. The number of esters is 1. The molecule has 172 valence electrons. The van der Waals surface area contributed by atoms with Crippen molar-refractivity contribution in [3.8, 4) is 0 Å². The Balaban J connectivity index is 0. The van der Waals surface area contributed by atoms with E-state index in [2.05, 4.69) is 9.50 Å². The zero-order valence-electron chi connectivity index (χ0n) is 16.8. The summed E-state index contributed by atoms with van der Waals surface area (Å²) in [5.41, 5.74) is 0.647. The first-order valence-corrected chi connectivity index (χ1v) is 10.6. The first kappa shape index (κ1) is 27.7. The van der Waals surface area contributed by atoms with Gasteiger partial charge < -0.3 is 14.8 Å².